The topological polar surface area (TPSA) is 62.3 Å². The number of nitrogens with zero attached hydrogens (tertiary/aromatic N) is 2. The molecule has 1 fully saturated rings. The number of thiazole rings is 1. The van der Waals surface area contributed by atoms with Crippen LogP contribution in [0.25, 0.3) is 0 Å². The zero-order chi connectivity index (χ0) is 14.0. The highest BCUT2D eigenvalue weighted by Gasteiger charge is 2.47. The van der Waals surface area contributed by atoms with Crippen molar-refractivity contribution in [2.75, 3.05) is 0 Å². The molecule has 2 heterocycles. The number of carbonyl (C=O) groups excluding carboxylic acids is 2. The largest absolute Gasteiger partial charge is 0.340 e. The van der Waals surface area contributed by atoms with Crippen molar-refractivity contribution in [3.8, 4) is 0 Å². The minimum Gasteiger partial charge on any atom is -0.340 e. The van der Waals surface area contributed by atoms with Crippen LogP contribution in [-0.2, 0) is 16.1 Å². The number of piperazine rings is 1. The van der Waals surface area contributed by atoms with E-state index in [9.17, 15) is 9.59 Å². The summed E-state index contributed by atoms with van der Waals surface area (Å²) >= 11 is 1.49. The first kappa shape index (κ1) is 14.0. The second kappa shape index (κ2) is 5.28. The Labute approximate surface area is 117 Å². The van der Waals surface area contributed by atoms with Gasteiger partial charge >= 0.3 is 0 Å². The lowest BCUT2D eigenvalue weighted by Gasteiger charge is -2.44. The fourth-order valence-corrected chi connectivity index (χ4v) is 2.96. The van der Waals surface area contributed by atoms with Gasteiger partial charge in [-0.25, -0.2) is 4.98 Å². The van der Waals surface area contributed by atoms with E-state index in [-0.39, 0.29) is 11.8 Å². The van der Waals surface area contributed by atoms with Gasteiger partial charge in [-0.05, 0) is 19.8 Å². The number of nitrogens with one attached hydrogen (secondary N) is 1. The van der Waals surface area contributed by atoms with Gasteiger partial charge in [-0.1, -0.05) is 13.8 Å². The van der Waals surface area contributed by atoms with Gasteiger partial charge in [-0.15, -0.1) is 11.3 Å². The van der Waals surface area contributed by atoms with Crippen LogP contribution in [0.5, 0.6) is 0 Å². The van der Waals surface area contributed by atoms with Crippen molar-refractivity contribution >= 4 is 23.2 Å². The molecule has 0 spiro atoms. The Morgan fingerprint density at radius 1 is 1.42 bits per heavy atom. The van der Waals surface area contributed by atoms with Crippen LogP contribution in [0.1, 0.15) is 39.3 Å². The van der Waals surface area contributed by atoms with Gasteiger partial charge in [-0.2, -0.15) is 0 Å². The summed E-state index contributed by atoms with van der Waals surface area (Å²) in [5, 5.41) is 4.80. The first-order chi connectivity index (χ1) is 9.04. The summed E-state index contributed by atoms with van der Waals surface area (Å²) in [7, 11) is 0. The Morgan fingerprint density at radius 2 is 2.11 bits per heavy atom. The molecule has 5 nitrogen and oxygen atoms in total. The molecule has 1 aromatic heterocycles. The fourth-order valence-electron chi connectivity index (χ4n) is 2.41. The van der Waals surface area contributed by atoms with Gasteiger partial charge in [0.05, 0.1) is 17.7 Å². The maximum Gasteiger partial charge on any atom is 0.249 e. The van der Waals surface area contributed by atoms with E-state index in [1.807, 2.05) is 19.2 Å². The van der Waals surface area contributed by atoms with Gasteiger partial charge in [0.25, 0.3) is 0 Å². The minimum atomic E-state index is -0.750. The molecule has 2 rings (SSSR count). The van der Waals surface area contributed by atoms with Gasteiger partial charge < -0.3 is 10.2 Å². The second-order valence-electron chi connectivity index (χ2n) is 4.87. The van der Waals surface area contributed by atoms with Gasteiger partial charge in [0.1, 0.15) is 11.6 Å². The molecule has 0 bridgehead atoms. The van der Waals surface area contributed by atoms with Crippen molar-refractivity contribution in [2.24, 2.45) is 0 Å². The molecule has 6 heteroatoms. The minimum absolute atomic E-state index is 0.00222. The molecule has 1 N–H and O–H groups in total. The first-order valence-electron chi connectivity index (χ1n) is 6.54. The number of amides is 2. The molecule has 1 aliphatic heterocycles. The number of aromatic nitrogens is 1. The van der Waals surface area contributed by atoms with Crippen LogP contribution in [0.3, 0.4) is 0 Å². The molecule has 19 heavy (non-hydrogen) atoms. The zero-order valence-corrected chi connectivity index (χ0v) is 12.3. The third-order valence-electron chi connectivity index (χ3n) is 3.90. The van der Waals surface area contributed by atoms with Gasteiger partial charge in [0.2, 0.25) is 11.8 Å². The second-order valence-corrected chi connectivity index (χ2v) is 5.59. The number of hydrogen-bond donors (Lipinski definition) is 1. The molecule has 0 aliphatic carbocycles. The van der Waals surface area contributed by atoms with E-state index in [0.717, 1.165) is 5.69 Å². The van der Waals surface area contributed by atoms with Crippen LogP contribution >= 0.6 is 11.3 Å². The molecule has 1 atom stereocenters. The SMILES string of the molecule is CCC1(CC)NC(=O)C(C)N(Cc2cscn2)C1=O. The lowest BCUT2D eigenvalue weighted by atomic mass is 9.87. The molecular weight excluding hydrogens is 262 g/mol. The highest BCUT2D eigenvalue weighted by molar-refractivity contribution is 7.07. The Morgan fingerprint density at radius 3 is 2.63 bits per heavy atom. The molecule has 0 radical (unpaired) electrons. The van der Waals surface area contributed by atoms with Crippen molar-refractivity contribution in [3.63, 3.8) is 0 Å². The van der Waals surface area contributed by atoms with E-state index < -0.39 is 11.6 Å². The number of rotatable bonds is 4. The normalized spacial score (nSPS) is 22.5. The van der Waals surface area contributed by atoms with Gasteiger partial charge in [0.15, 0.2) is 0 Å². The summed E-state index contributed by atoms with van der Waals surface area (Å²) in [6.45, 7) is 6.02. The van der Waals surface area contributed by atoms with Crippen LogP contribution in [0, 0.1) is 0 Å². The molecule has 0 saturated carbocycles. The molecule has 1 saturated heterocycles. The highest BCUT2D eigenvalue weighted by atomic mass is 32.1. The Kier molecular flexibility index (Phi) is 3.89. The summed E-state index contributed by atoms with van der Waals surface area (Å²) in [6, 6.07) is -0.444. The molecule has 1 aromatic rings. The van der Waals surface area contributed by atoms with Crippen molar-refractivity contribution in [1.29, 1.82) is 0 Å². The van der Waals surface area contributed by atoms with Crippen molar-refractivity contribution in [2.45, 2.75) is 51.7 Å². The average molecular weight is 281 g/mol. The molecule has 1 aliphatic rings. The van der Waals surface area contributed by atoms with Crippen LogP contribution in [-0.4, -0.2) is 33.3 Å². The van der Waals surface area contributed by atoms with Gasteiger partial charge in [-0.3, -0.25) is 9.59 Å². The van der Waals surface area contributed by atoms with E-state index in [1.54, 1.807) is 17.3 Å². The lowest BCUT2D eigenvalue weighted by molar-refractivity contribution is -0.155. The van der Waals surface area contributed by atoms with Crippen molar-refractivity contribution in [1.82, 2.24) is 15.2 Å². The molecule has 104 valence electrons. The van der Waals surface area contributed by atoms with E-state index >= 15 is 0 Å². The third kappa shape index (κ3) is 2.36. The predicted molar refractivity (Wildman–Crippen MR) is 73.6 cm³/mol. The van der Waals surface area contributed by atoms with Crippen LogP contribution in [0.2, 0.25) is 0 Å². The summed E-state index contributed by atoms with van der Waals surface area (Å²) in [4.78, 5) is 30.6. The highest BCUT2D eigenvalue weighted by Crippen LogP contribution is 2.26. The molecule has 0 aromatic carbocycles. The van der Waals surface area contributed by atoms with E-state index in [4.69, 9.17) is 0 Å². The third-order valence-corrected chi connectivity index (χ3v) is 4.54. The Hall–Kier alpha value is -1.43. The average Bonchev–Trinajstić information content (AvgIpc) is 2.92. The van der Waals surface area contributed by atoms with Crippen LogP contribution in [0.15, 0.2) is 10.9 Å². The fraction of sp³-hybridized carbons (Fsp3) is 0.615. The molecule has 1 unspecified atom stereocenters. The number of hydrogen-bond acceptors (Lipinski definition) is 4. The summed E-state index contributed by atoms with van der Waals surface area (Å²) in [5.74, 6) is -0.0869. The van der Waals surface area contributed by atoms with Crippen LogP contribution in [0.4, 0.5) is 0 Å². The van der Waals surface area contributed by atoms with E-state index in [1.165, 1.54) is 11.3 Å². The summed E-state index contributed by atoms with van der Waals surface area (Å²) in [6.07, 6.45) is 1.21. The maximum absolute atomic E-state index is 12.7. The van der Waals surface area contributed by atoms with Gasteiger partial charge in [0, 0.05) is 5.38 Å². The monoisotopic (exact) mass is 281 g/mol. The van der Waals surface area contributed by atoms with E-state index in [2.05, 4.69) is 10.3 Å². The lowest BCUT2D eigenvalue weighted by Crippen LogP contribution is -2.69. The molecule has 2 amide bonds. The maximum atomic E-state index is 12.7. The van der Waals surface area contributed by atoms with Crippen LogP contribution < -0.4 is 5.32 Å². The smallest absolute Gasteiger partial charge is 0.249 e. The molecular formula is C13H19N3O2S. The predicted octanol–water partition coefficient (Wildman–Crippen LogP) is 1.55. The van der Waals surface area contributed by atoms with Crippen molar-refractivity contribution in [3.05, 3.63) is 16.6 Å². The zero-order valence-electron chi connectivity index (χ0n) is 11.5. The summed E-state index contributed by atoms with van der Waals surface area (Å²) in [5.41, 5.74) is 1.82. The Balaban J connectivity index is 2.28. The summed E-state index contributed by atoms with van der Waals surface area (Å²) < 4.78 is 0. The standard InChI is InChI=1S/C13H19N3O2S/c1-4-13(5-2)12(18)16(9(3)11(17)15-13)6-10-7-19-8-14-10/h7-9H,4-6H2,1-3H3,(H,15,17). The first-order valence-corrected chi connectivity index (χ1v) is 7.48. The van der Waals surface area contributed by atoms with E-state index in [0.29, 0.717) is 19.4 Å². The number of carbonyl (C=O) groups is 2. The Bertz CT molecular complexity index is 468. The quantitative estimate of drug-likeness (QED) is 0.911. The van der Waals surface area contributed by atoms with Crippen molar-refractivity contribution < 1.29 is 9.59 Å².